The van der Waals surface area contributed by atoms with Crippen LogP contribution in [0.1, 0.15) is 51.9 Å². The summed E-state index contributed by atoms with van der Waals surface area (Å²) in [5.41, 5.74) is 0. The molecule has 0 aromatic carbocycles. The summed E-state index contributed by atoms with van der Waals surface area (Å²) < 4.78 is 5.17. The third kappa shape index (κ3) is 10.8. The molecule has 0 spiro atoms. The molecule has 0 aliphatic carbocycles. The SMILES string of the molecule is CCNC(=NCC1CCN(CCOC)CC1)NCCCN1CCCCCC1=O.I. The summed E-state index contributed by atoms with van der Waals surface area (Å²) >= 11 is 0. The number of piperidine rings is 1. The first-order valence-corrected chi connectivity index (χ1v) is 11.2. The summed E-state index contributed by atoms with van der Waals surface area (Å²) in [6.45, 7) is 10.6. The number of guanidine groups is 1. The number of amides is 1. The minimum Gasteiger partial charge on any atom is -0.383 e. The van der Waals surface area contributed by atoms with Crippen molar-refractivity contribution in [2.24, 2.45) is 10.9 Å². The lowest BCUT2D eigenvalue weighted by molar-refractivity contribution is -0.130. The molecule has 29 heavy (non-hydrogen) atoms. The molecule has 0 saturated carbocycles. The van der Waals surface area contributed by atoms with Gasteiger partial charge in [0.2, 0.25) is 5.91 Å². The van der Waals surface area contributed by atoms with E-state index in [1.807, 2.05) is 4.90 Å². The third-order valence-corrected chi connectivity index (χ3v) is 5.74. The number of aliphatic imine (C=N–C) groups is 1. The van der Waals surface area contributed by atoms with E-state index >= 15 is 0 Å². The maximum Gasteiger partial charge on any atom is 0.222 e. The van der Waals surface area contributed by atoms with Crippen LogP contribution < -0.4 is 10.6 Å². The molecule has 1 amide bonds. The van der Waals surface area contributed by atoms with Gasteiger partial charge >= 0.3 is 0 Å². The number of carbonyl (C=O) groups excluding carboxylic acids is 1. The van der Waals surface area contributed by atoms with Crippen LogP contribution in [0.4, 0.5) is 0 Å². The number of halogens is 1. The van der Waals surface area contributed by atoms with Crippen molar-refractivity contribution >= 4 is 35.8 Å². The molecule has 8 heteroatoms. The number of ether oxygens (including phenoxy) is 1. The smallest absolute Gasteiger partial charge is 0.222 e. The van der Waals surface area contributed by atoms with Gasteiger partial charge in [-0.25, -0.2) is 0 Å². The number of nitrogens with one attached hydrogen (secondary N) is 2. The number of likely N-dealkylation sites (tertiary alicyclic amines) is 2. The van der Waals surface area contributed by atoms with Gasteiger partial charge in [-0.05, 0) is 58.0 Å². The molecule has 2 rings (SSSR count). The zero-order chi connectivity index (χ0) is 20.0. The van der Waals surface area contributed by atoms with Crippen LogP contribution in [-0.2, 0) is 9.53 Å². The van der Waals surface area contributed by atoms with Gasteiger partial charge in [0.25, 0.3) is 0 Å². The minimum absolute atomic E-state index is 0. The molecule has 7 nitrogen and oxygen atoms in total. The zero-order valence-corrected chi connectivity index (χ0v) is 20.8. The molecule has 0 unspecified atom stereocenters. The molecule has 0 atom stereocenters. The molecule has 2 fully saturated rings. The van der Waals surface area contributed by atoms with E-state index in [9.17, 15) is 4.79 Å². The Kier molecular flexibility index (Phi) is 14.7. The molecule has 170 valence electrons. The van der Waals surface area contributed by atoms with Gasteiger partial charge in [0, 0.05) is 52.8 Å². The largest absolute Gasteiger partial charge is 0.383 e. The van der Waals surface area contributed by atoms with E-state index in [-0.39, 0.29) is 24.0 Å². The van der Waals surface area contributed by atoms with E-state index in [1.165, 1.54) is 19.3 Å². The van der Waals surface area contributed by atoms with E-state index in [4.69, 9.17) is 9.73 Å². The van der Waals surface area contributed by atoms with E-state index < -0.39 is 0 Å². The Labute approximate surface area is 194 Å². The molecule has 2 aliphatic heterocycles. The van der Waals surface area contributed by atoms with Gasteiger partial charge in [-0.15, -0.1) is 24.0 Å². The standard InChI is InChI=1S/C21H41N5O2.HI/c1-3-22-21(23-11-7-13-26-12-6-4-5-8-20(26)27)24-18-19-9-14-25(15-10-19)16-17-28-2;/h19H,3-18H2,1-2H3,(H2,22,23,24);1H. The van der Waals surface area contributed by atoms with Gasteiger partial charge < -0.3 is 25.2 Å². The molecule has 0 aromatic heterocycles. The summed E-state index contributed by atoms with van der Waals surface area (Å²) in [6.07, 6.45) is 7.50. The second kappa shape index (κ2) is 16.1. The van der Waals surface area contributed by atoms with Gasteiger partial charge in [-0.1, -0.05) is 6.42 Å². The van der Waals surface area contributed by atoms with E-state index in [1.54, 1.807) is 7.11 Å². The van der Waals surface area contributed by atoms with Crippen LogP contribution in [-0.4, -0.2) is 87.7 Å². The zero-order valence-electron chi connectivity index (χ0n) is 18.5. The van der Waals surface area contributed by atoms with Gasteiger partial charge in [0.15, 0.2) is 5.96 Å². The van der Waals surface area contributed by atoms with Crippen LogP contribution in [0, 0.1) is 5.92 Å². The van der Waals surface area contributed by atoms with Crippen molar-refractivity contribution in [3.8, 4) is 0 Å². The number of rotatable bonds is 10. The highest BCUT2D eigenvalue weighted by Crippen LogP contribution is 2.17. The van der Waals surface area contributed by atoms with Crippen LogP contribution in [0.5, 0.6) is 0 Å². The first-order chi connectivity index (χ1) is 13.7. The second-order valence-corrected chi connectivity index (χ2v) is 7.97. The van der Waals surface area contributed by atoms with Crippen molar-refractivity contribution in [1.82, 2.24) is 20.4 Å². The van der Waals surface area contributed by atoms with E-state index in [0.717, 1.165) is 90.6 Å². The normalized spacial score (nSPS) is 19.6. The Hall–Kier alpha value is -0.610. The van der Waals surface area contributed by atoms with E-state index in [0.29, 0.717) is 11.8 Å². The number of carbonyl (C=O) groups is 1. The second-order valence-electron chi connectivity index (χ2n) is 7.97. The fourth-order valence-electron chi connectivity index (χ4n) is 3.93. The highest BCUT2D eigenvalue weighted by molar-refractivity contribution is 14.0. The van der Waals surface area contributed by atoms with Crippen molar-refractivity contribution in [3.05, 3.63) is 0 Å². The maximum atomic E-state index is 12.1. The lowest BCUT2D eigenvalue weighted by Crippen LogP contribution is -2.40. The predicted octanol–water partition coefficient (Wildman–Crippen LogP) is 2.31. The molecule has 0 bridgehead atoms. The molecule has 2 heterocycles. The average Bonchev–Trinajstić information content (AvgIpc) is 2.92. The molecule has 2 saturated heterocycles. The highest BCUT2D eigenvalue weighted by Gasteiger charge is 2.19. The quantitative estimate of drug-likeness (QED) is 0.199. The lowest BCUT2D eigenvalue weighted by atomic mass is 9.97. The topological polar surface area (TPSA) is 69.2 Å². The summed E-state index contributed by atoms with van der Waals surface area (Å²) in [5, 5.41) is 6.79. The molecule has 2 N–H and O–H groups in total. The molecule has 0 radical (unpaired) electrons. The molecule has 2 aliphatic rings. The summed E-state index contributed by atoms with van der Waals surface area (Å²) in [4.78, 5) is 21.4. The fraction of sp³-hybridized carbons (Fsp3) is 0.905. The fourth-order valence-corrected chi connectivity index (χ4v) is 3.93. The van der Waals surface area contributed by atoms with Gasteiger partial charge in [0.1, 0.15) is 0 Å². The Morgan fingerprint density at radius 3 is 2.66 bits per heavy atom. The van der Waals surface area contributed by atoms with Crippen LogP contribution in [0.25, 0.3) is 0 Å². The Morgan fingerprint density at radius 2 is 1.93 bits per heavy atom. The van der Waals surface area contributed by atoms with Crippen molar-refractivity contribution in [2.45, 2.75) is 51.9 Å². The van der Waals surface area contributed by atoms with Crippen LogP contribution in [0.2, 0.25) is 0 Å². The van der Waals surface area contributed by atoms with Crippen molar-refractivity contribution in [2.75, 3.05) is 66.1 Å². The first-order valence-electron chi connectivity index (χ1n) is 11.2. The van der Waals surface area contributed by atoms with Crippen molar-refractivity contribution < 1.29 is 9.53 Å². The first kappa shape index (κ1) is 26.4. The number of nitrogens with zero attached hydrogens (tertiary/aromatic N) is 3. The van der Waals surface area contributed by atoms with Crippen LogP contribution >= 0.6 is 24.0 Å². The monoisotopic (exact) mass is 523 g/mol. The Morgan fingerprint density at radius 1 is 1.14 bits per heavy atom. The van der Waals surface area contributed by atoms with Crippen LogP contribution in [0.15, 0.2) is 4.99 Å². The summed E-state index contributed by atoms with van der Waals surface area (Å²) in [5.74, 6) is 1.91. The van der Waals surface area contributed by atoms with Gasteiger partial charge in [-0.2, -0.15) is 0 Å². The third-order valence-electron chi connectivity index (χ3n) is 5.74. The number of hydrogen-bond donors (Lipinski definition) is 2. The van der Waals surface area contributed by atoms with Gasteiger partial charge in [-0.3, -0.25) is 9.79 Å². The van der Waals surface area contributed by atoms with Crippen molar-refractivity contribution in [1.29, 1.82) is 0 Å². The molecular formula is C21H42IN5O2. The summed E-state index contributed by atoms with van der Waals surface area (Å²) in [6, 6.07) is 0. The predicted molar refractivity (Wildman–Crippen MR) is 130 cm³/mol. The minimum atomic E-state index is 0. The Bertz CT molecular complexity index is 470. The van der Waals surface area contributed by atoms with E-state index in [2.05, 4.69) is 22.5 Å². The van der Waals surface area contributed by atoms with Gasteiger partial charge in [0.05, 0.1) is 6.61 Å². The average molecular weight is 524 g/mol. The number of methoxy groups -OCH3 is 1. The highest BCUT2D eigenvalue weighted by atomic mass is 127. The maximum absolute atomic E-state index is 12.1. The molecule has 0 aromatic rings. The number of hydrogen-bond acceptors (Lipinski definition) is 4. The molecular weight excluding hydrogens is 481 g/mol. The summed E-state index contributed by atoms with van der Waals surface area (Å²) in [7, 11) is 1.77. The van der Waals surface area contributed by atoms with Crippen LogP contribution in [0.3, 0.4) is 0 Å². The van der Waals surface area contributed by atoms with Crippen molar-refractivity contribution in [3.63, 3.8) is 0 Å². The Balaban J connectivity index is 0.00000420. The lowest BCUT2D eigenvalue weighted by Gasteiger charge is -2.31.